The molecule has 0 amide bonds. The Morgan fingerprint density at radius 3 is 1.91 bits per heavy atom. The summed E-state index contributed by atoms with van der Waals surface area (Å²) in [4.78, 5) is 0. The molecule has 0 aliphatic rings. The Morgan fingerprint density at radius 2 is 1.48 bits per heavy atom. The summed E-state index contributed by atoms with van der Waals surface area (Å²) in [5, 5.41) is 0. The largest absolute Gasteiger partial charge is 0.573 e. The molecule has 0 fully saturated rings. The number of alkyl halides is 3. The number of benzene rings is 2. The molecule has 0 bridgehead atoms. The number of hydrogen-bond acceptors (Lipinski definition) is 1. The van der Waals surface area contributed by atoms with Gasteiger partial charge >= 0.3 is 6.36 Å². The molecular formula is C16H14F6O. The standard InChI is InChI=1S/C8H6F4O.C8H8F2/c1-5-2-3-6(4-7(5)9)13-8(10,11)12;1-2-6-3-7(9)5-8(10)4-6/h2-4H,1H3;3-5H,2H2,1H3. The second kappa shape index (κ2) is 7.89. The van der Waals surface area contributed by atoms with Crippen LogP contribution in [0.2, 0.25) is 0 Å². The van der Waals surface area contributed by atoms with E-state index < -0.39 is 29.6 Å². The van der Waals surface area contributed by atoms with Crippen molar-refractivity contribution in [1.82, 2.24) is 0 Å². The topological polar surface area (TPSA) is 9.23 Å². The van der Waals surface area contributed by atoms with Crippen LogP contribution in [-0.4, -0.2) is 6.36 Å². The fourth-order valence-corrected chi connectivity index (χ4v) is 1.59. The first-order valence-corrected chi connectivity index (χ1v) is 6.57. The van der Waals surface area contributed by atoms with Gasteiger partial charge < -0.3 is 4.74 Å². The van der Waals surface area contributed by atoms with Gasteiger partial charge in [-0.3, -0.25) is 0 Å². The number of hydrogen-bond donors (Lipinski definition) is 0. The van der Waals surface area contributed by atoms with Crippen LogP contribution in [0, 0.1) is 24.4 Å². The quantitative estimate of drug-likeness (QED) is 0.653. The van der Waals surface area contributed by atoms with Crippen molar-refractivity contribution in [3.05, 3.63) is 65.0 Å². The lowest BCUT2D eigenvalue weighted by molar-refractivity contribution is -0.274. The van der Waals surface area contributed by atoms with Crippen LogP contribution in [0.5, 0.6) is 5.75 Å². The normalized spacial score (nSPS) is 10.8. The van der Waals surface area contributed by atoms with E-state index in [1.807, 2.05) is 6.92 Å². The van der Waals surface area contributed by atoms with Crippen LogP contribution in [0.1, 0.15) is 18.1 Å². The third-order valence-corrected chi connectivity index (χ3v) is 2.71. The van der Waals surface area contributed by atoms with E-state index in [1.165, 1.54) is 25.1 Å². The Bertz CT molecular complexity index is 631. The van der Waals surface area contributed by atoms with Crippen molar-refractivity contribution in [3.8, 4) is 5.75 Å². The Hall–Kier alpha value is -2.18. The average Bonchev–Trinajstić information content (AvgIpc) is 2.41. The molecule has 0 saturated heterocycles. The highest BCUT2D eigenvalue weighted by molar-refractivity contribution is 5.28. The van der Waals surface area contributed by atoms with Crippen molar-refractivity contribution in [3.63, 3.8) is 0 Å². The van der Waals surface area contributed by atoms with Crippen molar-refractivity contribution in [2.24, 2.45) is 0 Å². The summed E-state index contributed by atoms with van der Waals surface area (Å²) in [5.41, 5.74) is 0.965. The third-order valence-electron chi connectivity index (χ3n) is 2.71. The van der Waals surface area contributed by atoms with Gasteiger partial charge in [0.05, 0.1) is 0 Å². The number of aryl methyl sites for hydroxylation is 2. The van der Waals surface area contributed by atoms with Gasteiger partial charge in [0, 0.05) is 12.1 Å². The summed E-state index contributed by atoms with van der Waals surface area (Å²) < 4.78 is 75.8. The molecule has 7 heteroatoms. The molecule has 0 unspecified atom stereocenters. The Morgan fingerprint density at radius 1 is 0.913 bits per heavy atom. The molecule has 0 heterocycles. The second-order valence-corrected chi connectivity index (χ2v) is 4.59. The lowest BCUT2D eigenvalue weighted by Gasteiger charge is -2.08. The van der Waals surface area contributed by atoms with E-state index in [1.54, 1.807) is 0 Å². The molecule has 1 nitrogen and oxygen atoms in total. The van der Waals surface area contributed by atoms with E-state index in [0.717, 1.165) is 12.1 Å². The molecular weight excluding hydrogens is 322 g/mol. The maximum atomic E-state index is 12.7. The van der Waals surface area contributed by atoms with Gasteiger partial charge in [-0.05, 0) is 42.7 Å². The molecule has 0 N–H and O–H groups in total. The SMILES string of the molecule is CCc1cc(F)cc(F)c1.Cc1ccc(OC(F)(F)F)cc1F. The highest BCUT2D eigenvalue weighted by atomic mass is 19.4. The zero-order chi connectivity index (χ0) is 17.6. The molecule has 126 valence electrons. The molecule has 2 aromatic rings. The van der Waals surface area contributed by atoms with Crippen LogP contribution >= 0.6 is 0 Å². The van der Waals surface area contributed by atoms with Crippen LogP contribution in [0.3, 0.4) is 0 Å². The zero-order valence-corrected chi connectivity index (χ0v) is 12.3. The molecule has 0 radical (unpaired) electrons. The lowest BCUT2D eigenvalue weighted by Crippen LogP contribution is -2.17. The first kappa shape index (κ1) is 18.9. The minimum absolute atomic E-state index is 0.273. The molecule has 2 aromatic carbocycles. The summed E-state index contributed by atoms with van der Waals surface area (Å²) in [6.07, 6.45) is -4.11. The fraction of sp³-hybridized carbons (Fsp3) is 0.250. The Labute approximate surface area is 129 Å². The van der Waals surface area contributed by atoms with E-state index in [9.17, 15) is 26.3 Å². The van der Waals surface area contributed by atoms with E-state index >= 15 is 0 Å². The fourth-order valence-electron chi connectivity index (χ4n) is 1.59. The number of halogens is 6. The van der Waals surface area contributed by atoms with E-state index in [0.29, 0.717) is 18.1 Å². The van der Waals surface area contributed by atoms with Crippen molar-refractivity contribution in [2.45, 2.75) is 26.6 Å². The number of rotatable bonds is 2. The minimum atomic E-state index is -4.78. The predicted octanol–water partition coefficient (Wildman–Crippen LogP) is 5.56. The second-order valence-electron chi connectivity index (χ2n) is 4.59. The molecule has 23 heavy (non-hydrogen) atoms. The smallest absolute Gasteiger partial charge is 0.406 e. The van der Waals surface area contributed by atoms with Gasteiger partial charge in [0.1, 0.15) is 23.2 Å². The third kappa shape index (κ3) is 7.08. The molecule has 0 aromatic heterocycles. The summed E-state index contributed by atoms with van der Waals surface area (Å²) in [6.45, 7) is 3.31. The summed E-state index contributed by atoms with van der Waals surface area (Å²) in [6, 6.07) is 6.52. The molecule has 2 rings (SSSR count). The molecule has 0 saturated carbocycles. The molecule has 0 aliphatic carbocycles. The van der Waals surface area contributed by atoms with Crippen molar-refractivity contribution in [2.75, 3.05) is 0 Å². The van der Waals surface area contributed by atoms with Crippen molar-refractivity contribution >= 4 is 0 Å². The monoisotopic (exact) mass is 336 g/mol. The van der Waals surface area contributed by atoms with Crippen LogP contribution in [0.15, 0.2) is 36.4 Å². The van der Waals surface area contributed by atoms with E-state index in [2.05, 4.69) is 4.74 Å². The van der Waals surface area contributed by atoms with E-state index in [4.69, 9.17) is 0 Å². The van der Waals surface area contributed by atoms with Crippen molar-refractivity contribution < 1.29 is 31.1 Å². The first-order valence-electron chi connectivity index (χ1n) is 6.57. The highest BCUT2D eigenvalue weighted by Gasteiger charge is 2.31. The van der Waals surface area contributed by atoms with Crippen LogP contribution in [-0.2, 0) is 6.42 Å². The average molecular weight is 336 g/mol. The summed E-state index contributed by atoms with van der Waals surface area (Å²) in [5.74, 6) is -2.27. The van der Waals surface area contributed by atoms with Crippen LogP contribution < -0.4 is 4.74 Å². The van der Waals surface area contributed by atoms with Gasteiger partial charge in [0.15, 0.2) is 0 Å². The Kier molecular flexibility index (Phi) is 6.48. The van der Waals surface area contributed by atoms with Gasteiger partial charge in [0.2, 0.25) is 0 Å². The van der Waals surface area contributed by atoms with Gasteiger partial charge in [-0.15, -0.1) is 13.2 Å². The van der Waals surface area contributed by atoms with Gasteiger partial charge in [-0.2, -0.15) is 0 Å². The van der Waals surface area contributed by atoms with Gasteiger partial charge in [-0.25, -0.2) is 13.2 Å². The van der Waals surface area contributed by atoms with Crippen LogP contribution in [0.25, 0.3) is 0 Å². The maximum absolute atomic E-state index is 12.7. The van der Waals surface area contributed by atoms with Crippen LogP contribution in [0.4, 0.5) is 26.3 Å². The molecule has 0 aliphatic heterocycles. The van der Waals surface area contributed by atoms with Gasteiger partial charge in [0.25, 0.3) is 0 Å². The highest BCUT2D eigenvalue weighted by Crippen LogP contribution is 2.24. The minimum Gasteiger partial charge on any atom is -0.406 e. The first-order chi connectivity index (χ1) is 10.6. The lowest BCUT2D eigenvalue weighted by atomic mass is 10.2. The summed E-state index contributed by atoms with van der Waals surface area (Å²) in [7, 11) is 0. The number of ether oxygens (including phenoxy) is 1. The molecule has 0 atom stereocenters. The molecule has 0 spiro atoms. The van der Waals surface area contributed by atoms with Crippen molar-refractivity contribution in [1.29, 1.82) is 0 Å². The van der Waals surface area contributed by atoms with E-state index in [-0.39, 0.29) is 5.56 Å². The zero-order valence-electron chi connectivity index (χ0n) is 12.3. The Balaban J connectivity index is 0.000000238. The van der Waals surface area contributed by atoms with Gasteiger partial charge in [-0.1, -0.05) is 13.0 Å². The maximum Gasteiger partial charge on any atom is 0.573 e. The predicted molar refractivity (Wildman–Crippen MR) is 73.6 cm³/mol. The summed E-state index contributed by atoms with van der Waals surface area (Å²) >= 11 is 0.